The first-order valence-electron chi connectivity index (χ1n) is 5.81. The monoisotopic (exact) mass is 244 g/mol. The second-order valence-electron chi connectivity index (χ2n) is 3.95. The number of anilines is 1. The fraction of sp³-hybridized carbons (Fsp3) is 0.214. The van der Waals surface area contributed by atoms with Crippen LogP contribution in [0.4, 0.5) is 5.82 Å². The molecule has 3 N–H and O–H groups in total. The molecular formula is C14H16N2O2. The van der Waals surface area contributed by atoms with Crippen LogP contribution in [-0.2, 0) is 13.0 Å². The first-order chi connectivity index (χ1) is 8.79. The minimum absolute atomic E-state index is 0.159. The van der Waals surface area contributed by atoms with Crippen molar-refractivity contribution in [2.24, 2.45) is 0 Å². The van der Waals surface area contributed by atoms with Crippen LogP contribution in [0.3, 0.4) is 0 Å². The number of hydrogen-bond acceptors (Lipinski definition) is 4. The van der Waals surface area contributed by atoms with E-state index < -0.39 is 0 Å². The fourth-order valence-electron chi connectivity index (χ4n) is 1.62. The first kappa shape index (κ1) is 12.4. The number of hydrogen-bond donors (Lipinski definition) is 2. The fourth-order valence-corrected chi connectivity index (χ4v) is 1.62. The van der Waals surface area contributed by atoms with Crippen LogP contribution in [-0.4, -0.2) is 16.7 Å². The number of nitrogens with zero attached hydrogens (tertiary/aromatic N) is 1. The molecule has 0 saturated heterocycles. The van der Waals surface area contributed by atoms with E-state index in [0.717, 1.165) is 16.9 Å². The lowest BCUT2D eigenvalue weighted by Gasteiger charge is -2.08. The number of aliphatic hydroxyl groups is 1. The predicted molar refractivity (Wildman–Crippen MR) is 70.2 cm³/mol. The molecule has 1 heterocycles. The van der Waals surface area contributed by atoms with Crippen LogP contribution in [0.25, 0.3) is 0 Å². The molecular weight excluding hydrogens is 228 g/mol. The van der Waals surface area contributed by atoms with Gasteiger partial charge in [-0.2, -0.15) is 0 Å². The van der Waals surface area contributed by atoms with Crippen molar-refractivity contribution in [1.82, 2.24) is 4.98 Å². The molecule has 0 radical (unpaired) electrons. The van der Waals surface area contributed by atoms with E-state index in [0.29, 0.717) is 18.8 Å². The largest absolute Gasteiger partial charge is 0.489 e. The molecule has 0 unspecified atom stereocenters. The average Bonchev–Trinajstić information content (AvgIpc) is 2.40. The predicted octanol–water partition coefficient (Wildman–Crippen LogP) is 1.78. The molecule has 0 aliphatic heterocycles. The summed E-state index contributed by atoms with van der Waals surface area (Å²) in [7, 11) is 0. The van der Waals surface area contributed by atoms with Crippen LogP contribution in [0.15, 0.2) is 42.6 Å². The van der Waals surface area contributed by atoms with E-state index in [1.54, 1.807) is 6.20 Å². The van der Waals surface area contributed by atoms with Crippen molar-refractivity contribution < 1.29 is 9.84 Å². The van der Waals surface area contributed by atoms with Crippen LogP contribution >= 0.6 is 0 Å². The smallest absolute Gasteiger partial charge is 0.129 e. The van der Waals surface area contributed by atoms with E-state index >= 15 is 0 Å². The molecule has 4 heteroatoms. The lowest BCUT2D eigenvalue weighted by Crippen LogP contribution is -2.01. The summed E-state index contributed by atoms with van der Waals surface area (Å²) in [5.41, 5.74) is 7.69. The second-order valence-corrected chi connectivity index (χ2v) is 3.95. The van der Waals surface area contributed by atoms with Gasteiger partial charge in [0.15, 0.2) is 0 Å². The summed E-state index contributed by atoms with van der Waals surface area (Å²) in [6.07, 6.45) is 2.32. The zero-order valence-corrected chi connectivity index (χ0v) is 10.0. The number of benzene rings is 1. The molecule has 0 atom stereocenters. The molecule has 0 aliphatic rings. The summed E-state index contributed by atoms with van der Waals surface area (Å²) < 4.78 is 5.62. The Hall–Kier alpha value is -2.07. The summed E-state index contributed by atoms with van der Waals surface area (Å²) in [6.45, 7) is 0.561. The third kappa shape index (κ3) is 3.21. The van der Waals surface area contributed by atoms with Gasteiger partial charge in [0.25, 0.3) is 0 Å². The first-order valence-corrected chi connectivity index (χ1v) is 5.81. The van der Waals surface area contributed by atoms with Crippen LogP contribution < -0.4 is 10.5 Å². The number of pyridine rings is 1. The SMILES string of the molecule is Nc1ncccc1COc1ccc(CCO)cc1. The van der Waals surface area contributed by atoms with E-state index in [-0.39, 0.29) is 6.61 Å². The minimum atomic E-state index is 0.159. The third-order valence-electron chi connectivity index (χ3n) is 2.64. The molecule has 1 aromatic carbocycles. The van der Waals surface area contributed by atoms with Crippen LogP contribution in [0.5, 0.6) is 5.75 Å². The summed E-state index contributed by atoms with van der Waals surface area (Å²) >= 11 is 0. The number of rotatable bonds is 5. The topological polar surface area (TPSA) is 68.4 Å². The van der Waals surface area contributed by atoms with Gasteiger partial charge >= 0.3 is 0 Å². The molecule has 0 spiro atoms. The Morgan fingerprint density at radius 3 is 2.61 bits per heavy atom. The van der Waals surface area contributed by atoms with Gasteiger partial charge in [0.05, 0.1) is 0 Å². The van der Waals surface area contributed by atoms with E-state index in [2.05, 4.69) is 4.98 Å². The molecule has 0 saturated carbocycles. The Balaban J connectivity index is 1.96. The highest BCUT2D eigenvalue weighted by atomic mass is 16.5. The standard InChI is InChI=1S/C14H16N2O2/c15-14-12(2-1-8-16-14)10-18-13-5-3-11(4-6-13)7-9-17/h1-6,8,17H,7,9-10H2,(H2,15,16). The van der Waals surface area contributed by atoms with Crippen LogP contribution in [0.2, 0.25) is 0 Å². The van der Waals surface area contributed by atoms with Gasteiger partial charge in [-0.25, -0.2) is 4.98 Å². The highest BCUT2D eigenvalue weighted by Gasteiger charge is 2.00. The number of aromatic nitrogens is 1. The molecule has 2 rings (SSSR count). The maximum Gasteiger partial charge on any atom is 0.129 e. The third-order valence-corrected chi connectivity index (χ3v) is 2.64. The van der Waals surface area contributed by atoms with E-state index in [1.165, 1.54) is 0 Å². The van der Waals surface area contributed by atoms with Gasteiger partial charge in [-0.1, -0.05) is 18.2 Å². The maximum atomic E-state index is 8.82. The van der Waals surface area contributed by atoms with E-state index in [4.69, 9.17) is 15.6 Å². The summed E-state index contributed by atoms with van der Waals surface area (Å²) in [5.74, 6) is 1.27. The molecule has 0 aliphatic carbocycles. The van der Waals surface area contributed by atoms with Crippen molar-refractivity contribution in [3.63, 3.8) is 0 Å². The molecule has 0 amide bonds. The summed E-state index contributed by atoms with van der Waals surface area (Å²) in [6, 6.07) is 11.4. The Morgan fingerprint density at radius 1 is 1.17 bits per heavy atom. The van der Waals surface area contributed by atoms with Gasteiger partial charge in [-0.3, -0.25) is 0 Å². The number of nitrogen functional groups attached to an aromatic ring is 1. The zero-order chi connectivity index (χ0) is 12.8. The molecule has 1 aromatic heterocycles. The maximum absolute atomic E-state index is 8.82. The summed E-state index contributed by atoms with van der Waals surface area (Å²) in [5, 5.41) is 8.82. The van der Waals surface area contributed by atoms with Crippen molar-refractivity contribution >= 4 is 5.82 Å². The van der Waals surface area contributed by atoms with Crippen molar-refractivity contribution in [2.75, 3.05) is 12.3 Å². The van der Waals surface area contributed by atoms with Gasteiger partial charge in [-0.15, -0.1) is 0 Å². The average molecular weight is 244 g/mol. The molecule has 2 aromatic rings. The molecule has 4 nitrogen and oxygen atoms in total. The van der Waals surface area contributed by atoms with Crippen molar-refractivity contribution in [3.05, 3.63) is 53.7 Å². The Morgan fingerprint density at radius 2 is 1.94 bits per heavy atom. The van der Waals surface area contributed by atoms with Gasteiger partial charge in [0.2, 0.25) is 0 Å². The molecule has 0 fully saturated rings. The van der Waals surface area contributed by atoms with Gasteiger partial charge < -0.3 is 15.6 Å². The van der Waals surface area contributed by atoms with Crippen molar-refractivity contribution in [2.45, 2.75) is 13.0 Å². The van der Waals surface area contributed by atoms with E-state index in [1.807, 2.05) is 36.4 Å². The lowest BCUT2D eigenvalue weighted by molar-refractivity contribution is 0.298. The highest BCUT2D eigenvalue weighted by molar-refractivity contribution is 5.38. The second kappa shape index (κ2) is 6.02. The zero-order valence-electron chi connectivity index (χ0n) is 10.0. The van der Waals surface area contributed by atoms with Gasteiger partial charge in [0, 0.05) is 18.4 Å². The number of nitrogens with two attached hydrogens (primary N) is 1. The number of ether oxygens (including phenoxy) is 1. The lowest BCUT2D eigenvalue weighted by atomic mass is 10.1. The van der Waals surface area contributed by atoms with Crippen LogP contribution in [0, 0.1) is 0 Å². The Labute approximate surface area is 106 Å². The summed E-state index contributed by atoms with van der Waals surface area (Å²) in [4.78, 5) is 4.00. The minimum Gasteiger partial charge on any atom is -0.489 e. The van der Waals surface area contributed by atoms with E-state index in [9.17, 15) is 0 Å². The van der Waals surface area contributed by atoms with Crippen LogP contribution in [0.1, 0.15) is 11.1 Å². The normalized spacial score (nSPS) is 10.3. The molecule has 0 bridgehead atoms. The number of aliphatic hydroxyl groups excluding tert-OH is 1. The van der Waals surface area contributed by atoms with Gasteiger partial charge in [-0.05, 0) is 30.2 Å². The van der Waals surface area contributed by atoms with Crippen molar-refractivity contribution in [3.8, 4) is 5.75 Å². The molecule has 18 heavy (non-hydrogen) atoms. The Kier molecular flexibility index (Phi) is 4.15. The van der Waals surface area contributed by atoms with Crippen molar-refractivity contribution in [1.29, 1.82) is 0 Å². The quantitative estimate of drug-likeness (QED) is 0.841. The van der Waals surface area contributed by atoms with Gasteiger partial charge in [0.1, 0.15) is 18.2 Å². The Bertz CT molecular complexity index is 497. The highest BCUT2D eigenvalue weighted by Crippen LogP contribution is 2.16. The molecule has 94 valence electrons.